The maximum atomic E-state index is 12.9. The zero-order valence-corrected chi connectivity index (χ0v) is 18.6. The third kappa shape index (κ3) is 4.32. The lowest BCUT2D eigenvalue weighted by Crippen LogP contribution is -2.38. The minimum absolute atomic E-state index is 0.0357. The molecule has 1 fully saturated rings. The Morgan fingerprint density at radius 1 is 1.19 bits per heavy atom. The molecular weight excluding hydrogens is 432 g/mol. The molecule has 168 valence electrons. The van der Waals surface area contributed by atoms with E-state index in [1.165, 1.54) is 4.90 Å². The zero-order valence-electron chi connectivity index (χ0n) is 17.8. The van der Waals surface area contributed by atoms with Gasteiger partial charge in [-0.25, -0.2) is 4.98 Å². The molecule has 4 rings (SSSR count). The van der Waals surface area contributed by atoms with Crippen molar-refractivity contribution in [3.63, 3.8) is 0 Å². The highest BCUT2D eigenvalue weighted by atomic mass is 35.5. The Balaban J connectivity index is 1.45. The van der Waals surface area contributed by atoms with Crippen LogP contribution in [0.2, 0.25) is 5.02 Å². The van der Waals surface area contributed by atoms with Crippen molar-refractivity contribution in [1.29, 1.82) is 0 Å². The summed E-state index contributed by atoms with van der Waals surface area (Å²) in [6.07, 6.45) is 5.78. The molecule has 9 heteroatoms. The number of carbonyl (C=O) groups excluding carboxylic acids is 3. The van der Waals surface area contributed by atoms with Gasteiger partial charge in [0, 0.05) is 24.5 Å². The minimum atomic E-state index is -0.298. The third-order valence-corrected chi connectivity index (χ3v) is 6.29. The number of imide groups is 1. The Morgan fingerprint density at radius 3 is 2.53 bits per heavy atom. The SMILES string of the molecule is CCCN(Cc1nc2cc(Cl)ccc2c(=O)[nH]1)C(=O)CCN1C(=O)[C@H]2CC=CC[C@H]2C1=O. The molecule has 8 nitrogen and oxygen atoms in total. The lowest BCUT2D eigenvalue weighted by atomic mass is 9.85. The number of nitrogens with one attached hydrogen (secondary N) is 1. The number of hydrogen-bond donors (Lipinski definition) is 1. The summed E-state index contributed by atoms with van der Waals surface area (Å²) in [6, 6.07) is 4.85. The molecular formula is C23H25ClN4O4. The van der Waals surface area contributed by atoms with E-state index in [0.717, 1.165) is 0 Å². The summed E-state index contributed by atoms with van der Waals surface area (Å²) in [4.78, 5) is 60.6. The van der Waals surface area contributed by atoms with E-state index in [9.17, 15) is 19.2 Å². The van der Waals surface area contributed by atoms with Crippen molar-refractivity contribution >= 4 is 40.2 Å². The van der Waals surface area contributed by atoms with Crippen molar-refractivity contribution in [1.82, 2.24) is 19.8 Å². The molecule has 0 unspecified atom stereocenters. The van der Waals surface area contributed by atoms with Gasteiger partial charge in [-0.3, -0.25) is 24.1 Å². The molecule has 0 spiro atoms. The van der Waals surface area contributed by atoms with Crippen LogP contribution in [0.25, 0.3) is 10.9 Å². The first kappa shape index (κ1) is 22.2. The normalized spacial score (nSPS) is 20.1. The number of nitrogens with zero attached hydrogens (tertiary/aromatic N) is 3. The maximum Gasteiger partial charge on any atom is 0.258 e. The summed E-state index contributed by atoms with van der Waals surface area (Å²) in [5.74, 6) is -0.805. The summed E-state index contributed by atoms with van der Waals surface area (Å²) in [5, 5.41) is 0.896. The van der Waals surface area contributed by atoms with Crippen LogP contribution in [0.4, 0.5) is 0 Å². The number of halogens is 1. The molecule has 0 bridgehead atoms. The molecule has 1 saturated heterocycles. The van der Waals surface area contributed by atoms with E-state index < -0.39 is 0 Å². The minimum Gasteiger partial charge on any atom is -0.335 e. The molecule has 1 aromatic heterocycles. The number of likely N-dealkylation sites (tertiary alicyclic amines) is 1. The van der Waals surface area contributed by atoms with Gasteiger partial charge in [-0.15, -0.1) is 0 Å². The molecule has 1 N–H and O–H groups in total. The predicted octanol–water partition coefficient (Wildman–Crippen LogP) is 2.66. The Kier molecular flexibility index (Phi) is 6.41. The van der Waals surface area contributed by atoms with Crippen molar-refractivity contribution in [3.8, 4) is 0 Å². The summed E-state index contributed by atoms with van der Waals surface area (Å²) >= 11 is 6.02. The van der Waals surface area contributed by atoms with Crippen LogP contribution in [0.1, 0.15) is 38.4 Å². The third-order valence-electron chi connectivity index (χ3n) is 6.05. The van der Waals surface area contributed by atoms with Crippen LogP contribution < -0.4 is 5.56 Å². The Hall–Kier alpha value is -3.00. The molecule has 1 aliphatic carbocycles. The molecule has 2 aliphatic rings. The number of allylic oxidation sites excluding steroid dienone is 2. The van der Waals surface area contributed by atoms with Crippen molar-refractivity contribution in [2.45, 2.75) is 39.2 Å². The standard InChI is InChI=1S/C23H25ClN4O4/c1-2-10-27(13-19-25-18-12-14(24)7-8-17(18)21(30)26-19)20(29)9-11-28-22(31)15-5-3-4-6-16(15)23(28)32/h3-4,7-8,12,15-16H,2,5-6,9-11,13H2,1H3,(H,25,26,30)/t15-,16+. The first-order valence-corrected chi connectivity index (χ1v) is 11.2. The number of aromatic nitrogens is 2. The van der Waals surface area contributed by atoms with E-state index in [0.29, 0.717) is 47.6 Å². The van der Waals surface area contributed by atoms with Gasteiger partial charge in [-0.1, -0.05) is 30.7 Å². The number of fused-ring (bicyclic) bond motifs is 2. The predicted molar refractivity (Wildman–Crippen MR) is 120 cm³/mol. The first-order chi connectivity index (χ1) is 15.4. The number of carbonyl (C=O) groups is 3. The Morgan fingerprint density at radius 2 is 1.88 bits per heavy atom. The molecule has 1 aromatic carbocycles. The molecule has 1 aliphatic heterocycles. The van der Waals surface area contributed by atoms with Crippen LogP contribution in [0.3, 0.4) is 0 Å². The van der Waals surface area contributed by atoms with Gasteiger partial charge in [0.1, 0.15) is 5.82 Å². The smallest absolute Gasteiger partial charge is 0.258 e. The second kappa shape index (κ2) is 9.24. The average molecular weight is 457 g/mol. The van der Waals surface area contributed by atoms with E-state index in [2.05, 4.69) is 9.97 Å². The van der Waals surface area contributed by atoms with Gasteiger partial charge in [0.15, 0.2) is 0 Å². The van der Waals surface area contributed by atoms with Gasteiger partial charge in [0.2, 0.25) is 17.7 Å². The van der Waals surface area contributed by atoms with Gasteiger partial charge in [0.25, 0.3) is 5.56 Å². The molecule has 2 atom stereocenters. The fraction of sp³-hybridized carbons (Fsp3) is 0.435. The first-order valence-electron chi connectivity index (χ1n) is 10.9. The number of hydrogen-bond acceptors (Lipinski definition) is 5. The van der Waals surface area contributed by atoms with Crippen molar-refractivity contribution in [3.05, 3.63) is 51.6 Å². The van der Waals surface area contributed by atoms with E-state index in [1.54, 1.807) is 23.1 Å². The second-order valence-electron chi connectivity index (χ2n) is 8.22. The average Bonchev–Trinajstić information content (AvgIpc) is 3.01. The van der Waals surface area contributed by atoms with E-state index in [-0.39, 0.29) is 54.6 Å². The molecule has 3 amide bonds. The number of H-pyrrole nitrogens is 1. The van der Waals surface area contributed by atoms with Crippen LogP contribution >= 0.6 is 11.6 Å². The quantitative estimate of drug-likeness (QED) is 0.509. The molecule has 2 aromatic rings. The summed E-state index contributed by atoms with van der Waals surface area (Å²) in [6.45, 7) is 2.61. The van der Waals surface area contributed by atoms with E-state index in [1.807, 2.05) is 19.1 Å². The number of aromatic amines is 1. The van der Waals surface area contributed by atoms with Gasteiger partial charge in [-0.05, 0) is 37.5 Å². The summed E-state index contributed by atoms with van der Waals surface area (Å²) in [5.41, 5.74) is 0.166. The highest BCUT2D eigenvalue weighted by Crippen LogP contribution is 2.35. The number of amides is 3. The molecule has 0 radical (unpaired) electrons. The summed E-state index contributed by atoms with van der Waals surface area (Å²) in [7, 11) is 0. The fourth-order valence-corrected chi connectivity index (χ4v) is 4.60. The lowest BCUT2D eigenvalue weighted by Gasteiger charge is -2.23. The van der Waals surface area contributed by atoms with Gasteiger partial charge >= 0.3 is 0 Å². The summed E-state index contributed by atoms with van der Waals surface area (Å²) < 4.78 is 0. The highest BCUT2D eigenvalue weighted by Gasteiger charge is 2.47. The van der Waals surface area contributed by atoms with Crippen LogP contribution in [-0.2, 0) is 20.9 Å². The lowest BCUT2D eigenvalue weighted by molar-refractivity contribution is -0.141. The molecule has 0 saturated carbocycles. The van der Waals surface area contributed by atoms with Crippen molar-refractivity contribution in [2.75, 3.05) is 13.1 Å². The second-order valence-corrected chi connectivity index (χ2v) is 8.66. The molecule has 32 heavy (non-hydrogen) atoms. The van der Waals surface area contributed by atoms with E-state index in [4.69, 9.17) is 11.6 Å². The van der Waals surface area contributed by atoms with E-state index >= 15 is 0 Å². The largest absolute Gasteiger partial charge is 0.335 e. The topological polar surface area (TPSA) is 103 Å². The van der Waals surface area contributed by atoms with Crippen LogP contribution in [0, 0.1) is 11.8 Å². The van der Waals surface area contributed by atoms with Gasteiger partial charge in [0.05, 0.1) is 29.3 Å². The zero-order chi connectivity index (χ0) is 22.8. The number of rotatable bonds is 7. The Labute approximate surface area is 190 Å². The van der Waals surface area contributed by atoms with Crippen molar-refractivity contribution in [2.24, 2.45) is 11.8 Å². The van der Waals surface area contributed by atoms with Crippen molar-refractivity contribution < 1.29 is 14.4 Å². The van der Waals surface area contributed by atoms with Gasteiger partial charge in [-0.2, -0.15) is 0 Å². The maximum absolute atomic E-state index is 12.9. The molecule has 2 heterocycles. The monoisotopic (exact) mass is 456 g/mol. The number of benzene rings is 1. The fourth-order valence-electron chi connectivity index (χ4n) is 4.43. The van der Waals surface area contributed by atoms with Crippen LogP contribution in [0.5, 0.6) is 0 Å². The van der Waals surface area contributed by atoms with Crippen LogP contribution in [0.15, 0.2) is 35.1 Å². The Bertz CT molecular complexity index is 1130. The van der Waals surface area contributed by atoms with Gasteiger partial charge < -0.3 is 9.88 Å². The van der Waals surface area contributed by atoms with Crippen LogP contribution in [-0.4, -0.2) is 50.6 Å². The highest BCUT2D eigenvalue weighted by molar-refractivity contribution is 6.31.